The predicted molar refractivity (Wildman–Crippen MR) is 88.6 cm³/mol. The molecule has 1 fully saturated rings. The third kappa shape index (κ3) is 2.40. The number of anilines is 2. The van der Waals surface area contributed by atoms with Crippen molar-refractivity contribution in [3.8, 4) is 11.1 Å². The van der Waals surface area contributed by atoms with E-state index in [1.165, 1.54) is 11.5 Å². The zero-order valence-corrected chi connectivity index (χ0v) is 13.4. The monoisotopic (exact) mass is 303 g/mol. The maximum atomic E-state index is 6.06. The van der Waals surface area contributed by atoms with Crippen LogP contribution in [0.5, 0.6) is 0 Å². The van der Waals surface area contributed by atoms with Crippen molar-refractivity contribution < 1.29 is 4.74 Å². The third-order valence-electron chi connectivity index (χ3n) is 4.55. The molecule has 2 atom stereocenters. The van der Waals surface area contributed by atoms with Crippen molar-refractivity contribution in [1.29, 1.82) is 0 Å². The Morgan fingerprint density at radius 2 is 2.05 bits per heavy atom. The van der Waals surface area contributed by atoms with E-state index in [4.69, 9.17) is 10.5 Å². The van der Waals surface area contributed by atoms with Crippen molar-refractivity contribution in [3.63, 3.8) is 0 Å². The van der Waals surface area contributed by atoms with Crippen molar-refractivity contribution in [3.05, 3.63) is 30.3 Å². The highest BCUT2D eigenvalue weighted by Crippen LogP contribution is 2.46. The molecule has 1 aromatic carbocycles. The lowest BCUT2D eigenvalue weighted by atomic mass is 9.64. The van der Waals surface area contributed by atoms with Gasteiger partial charge in [-0.1, -0.05) is 44.2 Å². The SMILES string of the molecule is COC1CC(Nc2snc(N)c2-c2ccccc2)C1(C)C. The number of nitrogens with zero attached hydrogens (tertiary/aromatic N) is 1. The van der Waals surface area contributed by atoms with E-state index in [1.807, 2.05) is 18.2 Å². The standard InChI is InChI=1S/C16H21N3OS/c1-16(2)11(9-12(16)20-3)18-15-13(14(17)19-21-15)10-7-5-4-6-8-10/h4-8,11-12,18H,9H2,1-3H3,(H2,17,19). The van der Waals surface area contributed by atoms with E-state index in [0.29, 0.717) is 18.0 Å². The average molecular weight is 303 g/mol. The fourth-order valence-corrected chi connectivity index (χ4v) is 3.76. The normalized spacial score (nSPS) is 23.6. The number of nitrogens with two attached hydrogens (primary N) is 1. The molecule has 0 radical (unpaired) electrons. The van der Waals surface area contributed by atoms with Gasteiger partial charge in [-0.2, -0.15) is 4.37 Å². The Bertz CT molecular complexity index is 624. The molecule has 4 nitrogen and oxygen atoms in total. The molecule has 112 valence electrons. The quantitative estimate of drug-likeness (QED) is 0.905. The molecule has 0 saturated heterocycles. The summed E-state index contributed by atoms with van der Waals surface area (Å²) in [6.07, 6.45) is 1.32. The highest BCUT2D eigenvalue weighted by Gasteiger charge is 2.48. The maximum Gasteiger partial charge on any atom is 0.147 e. The van der Waals surface area contributed by atoms with Crippen LogP contribution >= 0.6 is 11.5 Å². The molecule has 1 saturated carbocycles. The highest BCUT2D eigenvalue weighted by atomic mass is 32.1. The molecule has 2 aromatic rings. The van der Waals surface area contributed by atoms with Gasteiger partial charge in [0.25, 0.3) is 0 Å². The van der Waals surface area contributed by atoms with Crippen LogP contribution in [0.2, 0.25) is 0 Å². The van der Waals surface area contributed by atoms with Crippen molar-refractivity contribution >= 4 is 22.4 Å². The van der Waals surface area contributed by atoms with Crippen LogP contribution in [0.1, 0.15) is 20.3 Å². The van der Waals surface area contributed by atoms with Gasteiger partial charge in [-0.3, -0.25) is 0 Å². The summed E-state index contributed by atoms with van der Waals surface area (Å²) in [4.78, 5) is 0. The Labute approximate surface area is 129 Å². The fourth-order valence-electron chi connectivity index (χ4n) is 2.97. The summed E-state index contributed by atoms with van der Waals surface area (Å²) in [5, 5.41) is 4.66. The maximum absolute atomic E-state index is 6.06. The molecule has 1 heterocycles. The lowest BCUT2D eigenvalue weighted by molar-refractivity contribution is -0.0793. The molecule has 21 heavy (non-hydrogen) atoms. The summed E-state index contributed by atoms with van der Waals surface area (Å²) in [6, 6.07) is 10.6. The molecule has 0 bridgehead atoms. The second-order valence-electron chi connectivity index (χ2n) is 6.12. The molecule has 5 heteroatoms. The van der Waals surface area contributed by atoms with E-state index >= 15 is 0 Å². The molecular formula is C16H21N3OS. The summed E-state index contributed by atoms with van der Waals surface area (Å²) in [6.45, 7) is 4.46. The van der Waals surface area contributed by atoms with Gasteiger partial charge in [-0.05, 0) is 23.5 Å². The number of methoxy groups -OCH3 is 1. The highest BCUT2D eigenvalue weighted by molar-refractivity contribution is 7.11. The lowest BCUT2D eigenvalue weighted by Crippen LogP contribution is -2.57. The van der Waals surface area contributed by atoms with Crippen molar-refractivity contribution in [2.45, 2.75) is 32.4 Å². The summed E-state index contributed by atoms with van der Waals surface area (Å²) >= 11 is 1.43. The van der Waals surface area contributed by atoms with Gasteiger partial charge in [0.05, 0.1) is 11.7 Å². The van der Waals surface area contributed by atoms with Crippen LogP contribution in [0.3, 0.4) is 0 Å². The summed E-state index contributed by atoms with van der Waals surface area (Å²) in [5.41, 5.74) is 8.29. The Kier molecular flexibility index (Phi) is 3.63. The van der Waals surface area contributed by atoms with E-state index in [9.17, 15) is 0 Å². The molecule has 0 spiro atoms. The van der Waals surface area contributed by atoms with Gasteiger partial charge in [0, 0.05) is 18.6 Å². The van der Waals surface area contributed by atoms with E-state index in [2.05, 4.69) is 35.7 Å². The van der Waals surface area contributed by atoms with Crippen LogP contribution in [0, 0.1) is 5.41 Å². The van der Waals surface area contributed by atoms with Crippen molar-refractivity contribution in [2.24, 2.45) is 5.41 Å². The second-order valence-corrected chi connectivity index (χ2v) is 6.89. The number of rotatable bonds is 4. The first kappa shape index (κ1) is 14.4. The van der Waals surface area contributed by atoms with Gasteiger partial charge in [-0.15, -0.1) is 0 Å². The summed E-state index contributed by atoms with van der Waals surface area (Å²) in [7, 11) is 1.78. The van der Waals surface area contributed by atoms with E-state index in [0.717, 1.165) is 22.5 Å². The van der Waals surface area contributed by atoms with Crippen LogP contribution in [0.25, 0.3) is 11.1 Å². The first-order valence-electron chi connectivity index (χ1n) is 7.14. The van der Waals surface area contributed by atoms with Gasteiger partial charge in [0.1, 0.15) is 10.8 Å². The molecule has 1 aliphatic carbocycles. The second kappa shape index (κ2) is 5.31. The molecule has 1 aliphatic rings. The van der Waals surface area contributed by atoms with Gasteiger partial charge >= 0.3 is 0 Å². The average Bonchev–Trinajstić information content (AvgIpc) is 2.84. The molecule has 3 rings (SSSR count). The number of aromatic nitrogens is 1. The molecule has 3 N–H and O–H groups in total. The Morgan fingerprint density at radius 1 is 1.33 bits per heavy atom. The Balaban J connectivity index is 1.85. The summed E-state index contributed by atoms with van der Waals surface area (Å²) in [5.74, 6) is 0.592. The number of nitrogen functional groups attached to an aromatic ring is 1. The smallest absolute Gasteiger partial charge is 0.147 e. The molecule has 1 aromatic heterocycles. The molecule has 0 amide bonds. The van der Waals surface area contributed by atoms with Crippen LogP contribution < -0.4 is 11.1 Å². The largest absolute Gasteiger partial charge is 0.382 e. The topological polar surface area (TPSA) is 60.2 Å². The van der Waals surface area contributed by atoms with Crippen LogP contribution in [-0.4, -0.2) is 23.6 Å². The minimum atomic E-state index is 0.113. The zero-order chi connectivity index (χ0) is 15.0. The first-order chi connectivity index (χ1) is 10.0. The van der Waals surface area contributed by atoms with E-state index in [-0.39, 0.29) is 5.41 Å². The number of hydrogen-bond acceptors (Lipinski definition) is 5. The van der Waals surface area contributed by atoms with Crippen molar-refractivity contribution in [1.82, 2.24) is 4.37 Å². The van der Waals surface area contributed by atoms with Crippen LogP contribution in [0.4, 0.5) is 10.8 Å². The van der Waals surface area contributed by atoms with Gasteiger partial charge in [-0.25, -0.2) is 0 Å². The minimum Gasteiger partial charge on any atom is -0.382 e. The fraction of sp³-hybridized carbons (Fsp3) is 0.438. The Morgan fingerprint density at radius 3 is 2.67 bits per heavy atom. The summed E-state index contributed by atoms with van der Waals surface area (Å²) < 4.78 is 9.83. The number of nitrogens with one attached hydrogen (secondary N) is 1. The van der Waals surface area contributed by atoms with Crippen LogP contribution in [-0.2, 0) is 4.74 Å². The van der Waals surface area contributed by atoms with Crippen LogP contribution in [0.15, 0.2) is 30.3 Å². The van der Waals surface area contributed by atoms with Gasteiger partial charge < -0.3 is 15.8 Å². The molecular weight excluding hydrogens is 282 g/mol. The third-order valence-corrected chi connectivity index (χ3v) is 5.34. The zero-order valence-electron chi connectivity index (χ0n) is 12.6. The van der Waals surface area contributed by atoms with E-state index < -0.39 is 0 Å². The molecule has 0 aliphatic heterocycles. The Hall–Kier alpha value is -1.59. The lowest BCUT2D eigenvalue weighted by Gasteiger charge is -2.51. The first-order valence-corrected chi connectivity index (χ1v) is 7.91. The van der Waals surface area contributed by atoms with E-state index in [1.54, 1.807) is 7.11 Å². The van der Waals surface area contributed by atoms with Crippen molar-refractivity contribution in [2.75, 3.05) is 18.2 Å². The predicted octanol–water partition coefficient (Wildman–Crippen LogP) is 3.62. The molecule has 2 unspecified atom stereocenters. The van der Waals surface area contributed by atoms with Gasteiger partial charge in [0.15, 0.2) is 0 Å². The number of benzene rings is 1. The number of ether oxygens (including phenoxy) is 1. The van der Waals surface area contributed by atoms with Gasteiger partial charge in [0.2, 0.25) is 0 Å². The number of hydrogen-bond donors (Lipinski definition) is 2. The minimum absolute atomic E-state index is 0.113.